The standard InChI is InChI=1S/C11H23B/c1-9(11(3,4)5)7-6-8-10(2)12/h7,10H,6,8,12H2,1-5H3/b9-7+. The number of hydrogen-bond acceptors (Lipinski definition) is 0. The quantitative estimate of drug-likeness (QED) is 0.446. The van der Waals surface area contributed by atoms with Gasteiger partial charge >= 0.3 is 0 Å². The third-order valence-electron chi connectivity index (χ3n) is 2.38. The molecule has 1 heteroatoms. The molecule has 0 bridgehead atoms. The molecule has 0 aromatic rings. The second kappa shape index (κ2) is 4.74. The first kappa shape index (κ1) is 11.8. The lowest BCUT2D eigenvalue weighted by Crippen LogP contribution is -2.06. The van der Waals surface area contributed by atoms with Gasteiger partial charge in [0, 0.05) is 0 Å². The minimum Gasteiger partial charge on any atom is -0.0851 e. The van der Waals surface area contributed by atoms with Crippen LogP contribution in [0.15, 0.2) is 11.6 Å². The second-order valence-electron chi connectivity index (χ2n) is 5.11. The monoisotopic (exact) mass is 166 g/mol. The zero-order valence-corrected chi connectivity index (χ0v) is 9.57. The molecule has 1 atom stereocenters. The van der Waals surface area contributed by atoms with Gasteiger partial charge in [-0.15, -0.1) is 0 Å². The molecule has 0 aliphatic rings. The SMILES string of the molecule is BC(C)CC/C=C(\C)C(C)(C)C. The van der Waals surface area contributed by atoms with E-state index in [0.29, 0.717) is 5.41 Å². The third kappa shape index (κ3) is 5.45. The Morgan fingerprint density at radius 1 is 1.42 bits per heavy atom. The van der Waals surface area contributed by atoms with Gasteiger partial charge in [0.2, 0.25) is 0 Å². The molecular formula is C11H23B. The molecule has 12 heavy (non-hydrogen) atoms. The number of hydrogen-bond donors (Lipinski definition) is 0. The Labute approximate surface area is 78.9 Å². The first-order valence-corrected chi connectivity index (χ1v) is 5.01. The maximum atomic E-state index is 2.39. The van der Waals surface area contributed by atoms with E-state index in [9.17, 15) is 0 Å². The summed E-state index contributed by atoms with van der Waals surface area (Å²) in [6.07, 6.45) is 4.94. The van der Waals surface area contributed by atoms with Crippen LogP contribution in [0.4, 0.5) is 0 Å². The highest BCUT2D eigenvalue weighted by molar-refractivity contribution is 6.11. The highest BCUT2D eigenvalue weighted by atomic mass is 14.2. The predicted octanol–water partition coefficient (Wildman–Crippen LogP) is 3.20. The van der Waals surface area contributed by atoms with Crippen molar-refractivity contribution in [1.82, 2.24) is 0 Å². The second-order valence-corrected chi connectivity index (χ2v) is 5.11. The first-order valence-electron chi connectivity index (χ1n) is 5.01. The van der Waals surface area contributed by atoms with Crippen LogP contribution in [0.25, 0.3) is 0 Å². The fourth-order valence-electron chi connectivity index (χ4n) is 0.939. The van der Waals surface area contributed by atoms with Crippen molar-refractivity contribution in [3.8, 4) is 0 Å². The van der Waals surface area contributed by atoms with Gasteiger partial charge in [-0.3, -0.25) is 0 Å². The van der Waals surface area contributed by atoms with Crippen LogP contribution in [0.3, 0.4) is 0 Å². The molecule has 0 aromatic heterocycles. The Bertz CT molecular complexity index is 149. The molecule has 0 spiro atoms. The fraction of sp³-hybridized carbons (Fsp3) is 0.818. The smallest absolute Gasteiger partial charge is 0.0851 e. The average Bonchev–Trinajstić information content (AvgIpc) is 1.84. The molecule has 0 N–H and O–H groups in total. The van der Waals surface area contributed by atoms with Gasteiger partial charge in [-0.05, 0) is 18.8 Å². The van der Waals surface area contributed by atoms with E-state index in [1.807, 2.05) is 0 Å². The lowest BCUT2D eigenvalue weighted by Gasteiger charge is -2.19. The van der Waals surface area contributed by atoms with Crippen LogP contribution in [0.5, 0.6) is 0 Å². The molecular weight excluding hydrogens is 143 g/mol. The van der Waals surface area contributed by atoms with Gasteiger partial charge in [0.05, 0.1) is 0 Å². The van der Waals surface area contributed by atoms with E-state index < -0.39 is 0 Å². The van der Waals surface area contributed by atoms with Gasteiger partial charge < -0.3 is 0 Å². The van der Waals surface area contributed by atoms with Gasteiger partial charge in [0.15, 0.2) is 0 Å². The summed E-state index contributed by atoms with van der Waals surface area (Å²) < 4.78 is 0. The average molecular weight is 166 g/mol. The summed E-state index contributed by atoms with van der Waals surface area (Å²) in [5.41, 5.74) is 1.87. The molecule has 0 amide bonds. The van der Waals surface area contributed by atoms with Crippen LogP contribution < -0.4 is 0 Å². The van der Waals surface area contributed by atoms with Crippen molar-refractivity contribution in [3.63, 3.8) is 0 Å². The van der Waals surface area contributed by atoms with Crippen molar-refractivity contribution in [2.45, 2.75) is 53.3 Å². The zero-order chi connectivity index (χ0) is 9.78. The molecule has 70 valence electrons. The van der Waals surface area contributed by atoms with Crippen LogP contribution in [0.2, 0.25) is 5.82 Å². The third-order valence-corrected chi connectivity index (χ3v) is 2.38. The van der Waals surface area contributed by atoms with E-state index in [-0.39, 0.29) is 0 Å². The van der Waals surface area contributed by atoms with E-state index in [4.69, 9.17) is 0 Å². The predicted molar refractivity (Wildman–Crippen MR) is 60.4 cm³/mol. The minimum absolute atomic E-state index is 0.358. The van der Waals surface area contributed by atoms with Gasteiger partial charge in [-0.1, -0.05) is 51.6 Å². The summed E-state index contributed by atoms with van der Waals surface area (Å²) in [5.74, 6) is 0.828. The molecule has 0 heterocycles. The Morgan fingerprint density at radius 3 is 2.25 bits per heavy atom. The molecule has 0 aliphatic heterocycles. The summed E-state index contributed by atoms with van der Waals surface area (Å²) in [4.78, 5) is 0. The molecule has 0 aliphatic carbocycles. The summed E-state index contributed by atoms with van der Waals surface area (Å²) in [6, 6.07) is 0. The molecule has 0 radical (unpaired) electrons. The highest BCUT2D eigenvalue weighted by Crippen LogP contribution is 2.25. The zero-order valence-electron chi connectivity index (χ0n) is 9.57. The molecule has 0 rings (SSSR count). The number of allylic oxidation sites excluding steroid dienone is 2. The Hall–Kier alpha value is -0.195. The van der Waals surface area contributed by atoms with Gasteiger partial charge in [-0.2, -0.15) is 0 Å². The van der Waals surface area contributed by atoms with E-state index in [0.717, 1.165) is 5.82 Å². The molecule has 0 fully saturated rings. The molecule has 0 saturated heterocycles. The van der Waals surface area contributed by atoms with Gasteiger partial charge in [-0.25, -0.2) is 0 Å². The maximum absolute atomic E-state index is 2.39. The van der Waals surface area contributed by atoms with E-state index in [2.05, 4.69) is 48.5 Å². The maximum Gasteiger partial charge on any atom is 0.105 e. The molecule has 0 nitrogen and oxygen atoms in total. The van der Waals surface area contributed by atoms with Crippen LogP contribution in [0, 0.1) is 5.41 Å². The molecule has 0 saturated carbocycles. The summed E-state index contributed by atoms with van der Waals surface area (Å²) in [7, 11) is 2.28. The fourth-order valence-corrected chi connectivity index (χ4v) is 0.939. The van der Waals surface area contributed by atoms with Crippen molar-refractivity contribution in [3.05, 3.63) is 11.6 Å². The first-order chi connectivity index (χ1) is 5.34. The lowest BCUT2D eigenvalue weighted by atomic mass is 9.83. The largest absolute Gasteiger partial charge is 0.105 e. The van der Waals surface area contributed by atoms with Crippen molar-refractivity contribution >= 4 is 7.85 Å². The van der Waals surface area contributed by atoms with Crippen molar-refractivity contribution in [2.75, 3.05) is 0 Å². The summed E-state index contributed by atoms with van der Waals surface area (Å²) >= 11 is 0. The normalized spacial score (nSPS) is 16.2. The minimum atomic E-state index is 0.358. The van der Waals surface area contributed by atoms with E-state index in [1.54, 1.807) is 0 Å². The Morgan fingerprint density at radius 2 is 1.92 bits per heavy atom. The van der Waals surface area contributed by atoms with Crippen LogP contribution in [-0.2, 0) is 0 Å². The summed E-state index contributed by atoms with van der Waals surface area (Å²) in [6.45, 7) is 11.3. The van der Waals surface area contributed by atoms with Crippen molar-refractivity contribution < 1.29 is 0 Å². The van der Waals surface area contributed by atoms with Crippen molar-refractivity contribution in [1.29, 1.82) is 0 Å². The number of rotatable bonds is 3. The highest BCUT2D eigenvalue weighted by Gasteiger charge is 2.11. The molecule has 1 unspecified atom stereocenters. The van der Waals surface area contributed by atoms with Gasteiger partial charge in [0.1, 0.15) is 7.85 Å². The van der Waals surface area contributed by atoms with Crippen LogP contribution >= 0.6 is 0 Å². The summed E-state index contributed by atoms with van der Waals surface area (Å²) in [5, 5.41) is 0. The van der Waals surface area contributed by atoms with Gasteiger partial charge in [0.25, 0.3) is 0 Å². The lowest BCUT2D eigenvalue weighted by molar-refractivity contribution is 0.500. The van der Waals surface area contributed by atoms with Crippen LogP contribution in [-0.4, -0.2) is 7.85 Å². The van der Waals surface area contributed by atoms with Crippen LogP contribution in [0.1, 0.15) is 47.5 Å². The van der Waals surface area contributed by atoms with E-state index in [1.165, 1.54) is 18.4 Å². The molecule has 0 aromatic carbocycles. The van der Waals surface area contributed by atoms with E-state index >= 15 is 0 Å². The topological polar surface area (TPSA) is 0 Å². The Balaban J connectivity index is 3.86. The Kier molecular flexibility index (Phi) is 4.66. The van der Waals surface area contributed by atoms with Crippen molar-refractivity contribution in [2.24, 2.45) is 5.41 Å².